The summed E-state index contributed by atoms with van der Waals surface area (Å²) in [4.78, 5) is 11.2. The van der Waals surface area contributed by atoms with Crippen LogP contribution in [-0.4, -0.2) is 31.6 Å². The summed E-state index contributed by atoms with van der Waals surface area (Å²) < 4.78 is 26.5. The Morgan fingerprint density at radius 2 is 1.80 bits per heavy atom. The van der Waals surface area contributed by atoms with Crippen molar-refractivity contribution in [3.05, 3.63) is 28.2 Å². The molecule has 1 aromatic rings. The van der Waals surface area contributed by atoms with Gasteiger partial charge in [0.2, 0.25) is 10.0 Å². The maximum Gasteiger partial charge on any atom is 0.244 e. The predicted molar refractivity (Wildman–Crippen MR) is 78.7 cm³/mol. The highest BCUT2D eigenvalue weighted by molar-refractivity contribution is 7.89. The third-order valence-corrected chi connectivity index (χ3v) is 6.20. The quantitative estimate of drug-likeness (QED) is 0.852. The first-order valence-corrected chi connectivity index (χ1v) is 8.47. The van der Waals surface area contributed by atoms with Gasteiger partial charge in [-0.15, -0.1) is 0 Å². The second-order valence-electron chi connectivity index (χ2n) is 4.87. The van der Waals surface area contributed by atoms with Crippen LogP contribution < -0.4 is 0 Å². The smallest absolute Gasteiger partial charge is 0.244 e. The molecule has 0 saturated heterocycles. The van der Waals surface area contributed by atoms with Gasteiger partial charge < -0.3 is 0 Å². The molecule has 1 aliphatic rings. The van der Waals surface area contributed by atoms with E-state index < -0.39 is 10.0 Å². The van der Waals surface area contributed by atoms with Crippen molar-refractivity contribution in [2.75, 3.05) is 7.05 Å². The number of hydrogen-bond acceptors (Lipinski definition) is 3. The van der Waals surface area contributed by atoms with Crippen molar-refractivity contribution in [3.8, 4) is 0 Å². The SMILES string of the molecule is CN(C1CCC(=O)CC1)S(=O)(=O)c1cc(Cl)ccc1Cl. The van der Waals surface area contributed by atoms with Gasteiger partial charge in [0.05, 0.1) is 5.02 Å². The van der Waals surface area contributed by atoms with Crippen molar-refractivity contribution in [3.63, 3.8) is 0 Å². The summed E-state index contributed by atoms with van der Waals surface area (Å²) in [6.07, 6.45) is 1.95. The normalized spacial score (nSPS) is 17.7. The second-order valence-corrected chi connectivity index (χ2v) is 7.68. The van der Waals surface area contributed by atoms with Gasteiger partial charge in [0.15, 0.2) is 0 Å². The van der Waals surface area contributed by atoms with E-state index in [1.165, 1.54) is 23.5 Å². The molecule has 0 aromatic heterocycles. The highest BCUT2D eigenvalue weighted by atomic mass is 35.5. The summed E-state index contributed by atoms with van der Waals surface area (Å²) in [5.41, 5.74) is 0. The van der Waals surface area contributed by atoms with Crippen LogP contribution in [0.1, 0.15) is 25.7 Å². The summed E-state index contributed by atoms with van der Waals surface area (Å²) in [5.74, 6) is 0.188. The first-order valence-electron chi connectivity index (χ1n) is 6.27. The highest BCUT2D eigenvalue weighted by Crippen LogP contribution is 2.30. The lowest BCUT2D eigenvalue weighted by molar-refractivity contribution is -0.120. The number of carbonyl (C=O) groups is 1. The largest absolute Gasteiger partial charge is 0.300 e. The Morgan fingerprint density at radius 1 is 1.20 bits per heavy atom. The van der Waals surface area contributed by atoms with E-state index in [2.05, 4.69) is 0 Å². The number of ketones is 1. The van der Waals surface area contributed by atoms with Crippen molar-refractivity contribution in [1.82, 2.24) is 4.31 Å². The lowest BCUT2D eigenvalue weighted by Crippen LogP contribution is -2.39. The van der Waals surface area contributed by atoms with Gasteiger partial charge in [-0.1, -0.05) is 23.2 Å². The lowest BCUT2D eigenvalue weighted by Gasteiger charge is -2.30. The van der Waals surface area contributed by atoms with Crippen LogP contribution in [0.4, 0.5) is 0 Å². The number of Topliss-reactive ketones (excluding diaryl/α,β-unsaturated/α-hetero) is 1. The third kappa shape index (κ3) is 3.17. The monoisotopic (exact) mass is 335 g/mol. The number of benzene rings is 1. The zero-order chi connectivity index (χ0) is 14.9. The Morgan fingerprint density at radius 3 is 2.40 bits per heavy atom. The number of carbonyl (C=O) groups excluding carboxylic acids is 1. The molecule has 1 saturated carbocycles. The van der Waals surface area contributed by atoms with Gasteiger partial charge in [0.25, 0.3) is 0 Å². The second kappa shape index (κ2) is 6.02. The van der Waals surface area contributed by atoms with Gasteiger partial charge in [-0.05, 0) is 31.0 Å². The number of nitrogens with zero attached hydrogens (tertiary/aromatic N) is 1. The fourth-order valence-corrected chi connectivity index (χ4v) is 4.47. The molecule has 1 fully saturated rings. The first kappa shape index (κ1) is 15.8. The van der Waals surface area contributed by atoms with Gasteiger partial charge >= 0.3 is 0 Å². The molecule has 7 heteroatoms. The van der Waals surface area contributed by atoms with E-state index in [4.69, 9.17) is 23.2 Å². The van der Waals surface area contributed by atoms with E-state index in [1.54, 1.807) is 6.07 Å². The van der Waals surface area contributed by atoms with Crippen molar-refractivity contribution in [2.45, 2.75) is 36.6 Å². The van der Waals surface area contributed by atoms with E-state index in [1.807, 2.05) is 0 Å². The molecule has 0 heterocycles. The predicted octanol–water partition coefficient (Wildman–Crippen LogP) is 3.13. The maximum absolute atomic E-state index is 12.6. The minimum absolute atomic E-state index is 0.00562. The number of sulfonamides is 1. The molecule has 0 spiro atoms. The molecule has 4 nitrogen and oxygen atoms in total. The average molecular weight is 336 g/mol. The van der Waals surface area contributed by atoms with Gasteiger partial charge in [0.1, 0.15) is 10.7 Å². The van der Waals surface area contributed by atoms with Crippen LogP contribution in [-0.2, 0) is 14.8 Å². The zero-order valence-corrected chi connectivity index (χ0v) is 13.3. The fraction of sp³-hybridized carbons (Fsp3) is 0.462. The van der Waals surface area contributed by atoms with Crippen molar-refractivity contribution in [1.29, 1.82) is 0 Å². The van der Waals surface area contributed by atoms with Gasteiger partial charge in [-0.2, -0.15) is 4.31 Å². The Balaban J connectivity index is 2.30. The molecule has 0 aliphatic heterocycles. The molecule has 0 atom stereocenters. The van der Waals surface area contributed by atoms with Crippen LogP contribution in [0, 0.1) is 0 Å². The molecule has 110 valence electrons. The molecule has 1 aromatic carbocycles. The van der Waals surface area contributed by atoms with E-state index in [0.717, 1.165) is 0 Å². The molecule has 20 heavy (non-hydrogen) atoms. The molecule has 0 radical (unpaired) electrons. The zero-order valence-electron chi connectivity index (χ0n) is 11.0. The number of rotatable bonds is 3. The summed E-state index contributed by atoms with van der Waals surface area (Å²) in [5, 5.41) is 0.466. The molecule has 0 N–H and O–H groups in total. The Bertz CT molecular complexity index is 621. The summed E-state index contributed by atoms with van der Waals surface area (Å²) in [6, 6.07) is 4.19. The molecule has 1 aliphatic carbocycles. The van der Waals surface area contributed by atoms with Crippen LogP contribution in [0.5, 0.6) is 0 Å². The number of halogens is 2. The summed E-state index contributed by atoms with van der Waals surface area (Å²) in [7, 11) is -2.18. The van der Waals surface area contributed by atoms with Crippen LogP contribution in [0.15, 0.2) is 23.1 Å². The Hall–Kier alpha value is -0.620. The van der Waals surface area contributed by atoms with Crippen LogP contribution in [0.2, 0.25) is 10.0 Å². The van der Waals surface area contributed by atoms with Gasteiger partial charge in [-0.3, -0.25) is 4.79 Å². The molecular weight excluding hydrogens is 321 g/mol. The topological polar surface area (TPSA) is 54.5 Å². The molecule has 0 bridgehead atoms. The number of hydrogen-bond donors (Lipinski definition) is 0. The first-order chi connectivity index (χ1) is 9.32. The van der Waals surface area contributed by atoms with Crippen LogP contribution >= 0.6 is 23.2 Å². The molecule has 0 unspecified atom stereocenters. The van der Waals surface area contributed by atoms with Crippen molar-refractivity contribution >= 4 is 39.0 Å². The highest BCUT2D eigenvalue weighted by Gasteiger charge is 2.32. The van der Waals surface area contributed by atoms with E-state index >= 15 is 0 Å². The van der Waals surface area contributed by atoms with Crippen molar-refractivity contribution < 1.29 is 13.2 Å². The summed E-state index contributed by atoms with van der Waals surface area (Å²) >= 11 is 11.8. The average Bonchev–Trinajstić information content (AvgIpc) is 2.41. The Labute approximate surface area is 128 Å². The molecule has 0 amide bonds. The van der Waals surface area contributed by atoms with E-state index in [0.29, 0.717) is 30.7 Å². The lowest BCUT2D eigenvalue weighted by atomic mass is 9.95. The van der Waals surface area contributed by atoms with Crippen molar-refractivity contribution in [2.24, 2.45) is 0 Å². The third-order valence-electron chi connectivity index (χ3n) is 3.58. The maximum atomic E-state index is 12.6. The summed E-state index contributed by atoms with van der Waals surface area (Å²) in [6.45, 7) is 0. The minimum Gasteiger partial charge on any atom is -0.300 e. The Kier molecular flexibility index (Phi) is 4.74. The van der Waals surface area contributed by atoms with Crippen LogP contribution in [0.3, 0.4) is 0 Å². The molecule has 2 rings (SSSR count). The fourth-order valence-electron chi connectivity index (χ4n) is 2.31. The minimum atomic E-state index is -3.70. The molecular formula is C13H15Cl2NO3S. The van der Waals surface area contributed by atoms with E-state index in [9.17, 15) is 13.2 Å². The van der Waals surface area contributed by atoms with Gasteiger partial charge in [0, 0.05) is 31.0 Å². The van der Waals surface area contributed by atoms with Gasteiger partial charge in [-0.25, -0.2) is 8.42 Å². The standard InChI is InChI=1S/C13H15Cl2NO3S/c1-16(10-3-5-11(17)6-4-10)20(18,19)13-8-9(14)2-7-12(13)15/h2,7-8,10H,3-6H2,1H3. The van der Waals surface area contributed by atoms with Crippen LogP contribution in [0.25, 0.3) is 0 Å². The van der Waals surface area contributed by atoms with E-state index in [-0.39, 0.29) is 21.7 Å².